The molecular formula is C34H40N4O6S. The molecule has 10 nitrogen and oxygen atoms in total. The number of rotatable bonds is 13. The Kier molecular flexibility index (Phi) is 9.22. The van der Waals surface area contributed by atoms with E-state index in [0.717, 1.165) is 33.3 Å². The number of methoxy groups -OCH3 is 1. The van der Waals surface area contributed by atoms with Crippen molar-refractivity contribution >= 4 is 39.0 Å². The average molecular weight is 633 g/mol. The molecule has 0 spiro atoms. The maximum Gasteiger partial charge on any atom is 0.293 e. The summed E-state index contributed by atoms with van der Waals surface area (Å²) in [6.45, 7) is 6.69. The monoisotopic (exact) mass is 632 g/mol. The average Bonchev–Trinajstić information content (AvgIpc) is 3.38. The van der Waals surface area contributed by atoms with Crippen LogP contribution in [-0.2, 0) is 43.8 Å². The first-order valence-electron chi connectivity index (χ1n) is 14.9. The number of benzene rings is 3. The number of sulfonamides is 1. The maximum absolute atomic E-state index is 14.0. The van der Waals surface area contributed by atoms with Crippen LogP contribution in [0.15, 0.2) is 72.9 Å². The third-order valence-electron chi connectivity index (χ3n) is 8.57. The molecule has 0 radical (unpaired) electrons. The van der Waals surface area contributed by atoms with Crippen molar-refractivity contribution in [2.24, 2.45) is 0 Å². The smallest absolute Gasteiger partial charge is 0.293 e. The van der Waals surface area contributed by atoms with Crippen molar-refractivity contribution in [3.8, 4) is 5.75 Å². The molecule has 1 aliphatic rings. The van der Waals surface area contributed by atoms with Gasteiger partial charge in [0.05, 0.1) is 24.4 Å². The molecule has 0 aliphatic carbocycles. The number of carbonyl (C=O) groups excluding carboxylic acids is 2. The quantitative estimate of drug-likeness (QED) is 0.210. The molecule has 0 bridgehead atoms. The van der Waals surface area contributed by atoms with Crippen LogP contribution in [0.1, 0.15) is 47.8 Å². The van der Waals surface area contributed by atoms with Crippen molar-refractivity contribution in [2.45, 2.75) is 57.2 Å². The van der Waals surface area contributed by atoms with Crippen LogP contribution in [0.3, 0.4) is 0 Å². The predicted octanol–water partition coefficient (Wildman–Crippen LogP) is 4.36. The van der Waals surface area contributed by atoms with Gasteiger partial charge in [0.15, 0.2) is 0 Å². The molecule has 2 N–H and O–H groups in total. The summed E-state index contributed by atoms with van der Waals surface area (Å²) in [7, 11) is -0.475. The Morgan fingerprint density at radius 3 is 2.53 bits per heavy atom. The minimum atomic E-state index is -3.60. The topological polar surface area (TPSA) is 119 Å². The van der Waals surface area contributed by atoms with Crippen molar-refractivity contribution in [3.05, 3.63) is 95.2 Å². The van der Waals surface area contributed by atoms with E-state index in [9.17, 15) is 18.0 Å². The highest BCUT2D eigenvalue weighted by Gasteiger charge is 2.32. The van der Waals surface area contributed by atoms with Crippen molar-refractivity contribution < 1.29 is 27.5 Å². The Bertz CT molecular complexity index is 1800. The summed E-state index contributed by atoms with van der Waals surface area (Å²) in [6.07, 6.45) is 2.20. The van der Waals surface area contributed by atoms with Gasteiger partial charge in [-0.05, 0) is 67.6 Å². The van der Waals surface area contributed by atoms with E-state index in [1.165, 1.54) is 11.4 Å². The molecule has 0 unspecified atom stereocenters. The van der Waals surface area contributed by atoms with Gasteiger partial charge in [0.25, 0.3) is 22.4 Å². The lowest BCUT2D eigenvalue weighted by atomic mass is 9.93. The van der Waals surface area contributed by atoms with Crippen LogP contribution in [-0.4, -0.2) is 58.2 Å². The molecule has 2 heterocycles. The van der Waals surface area contributed by atoms with Gasteiger partial charge in [-0.2, -0.15) is 0 Å². The fourth-order valence-corrected chi connectivity index (χ4v) is 7.04. The Labute approximate surface area is 264 Å². The summed E-state index contributed by atoms with van der Waals surface area (Å²) in [4.78, 5) is 25.8. The van der Waals surface area contributed by atoms with Crippen LogP contribution in [0.2, 0.25) is 0 Å². The molecule has 238 valence electrons. The van der Waals surface area contributed by atoms with Gasteiger partial charge in [-0.3, -0.25) is 13.9 Å². The van der Waals surface area contributed by atoms with Crippen molar-refractivity contribution in [3.63, 3.8) is 0 Å². The lowest BCUT2D eigenvalue weighted by Crippen LogP contribution is -2.52. The zero-order chi connectivity index (χ0) is 32.4. The molecule has 0 fully saturated rings. The SMILES string of the molecule is CCc1cn2c3c(cc(C(=O)N[C@@H](Cc4ccccc4)[C@@H](CNC(C)(C)c4cccc(OC)c4)OC=O)cc13)N(C)S(=O)(=O)C2. The molecule has 0 saturated heterocycles. The minimum absolute atomic E-state index is 0.151. The maximum atomic E-state index is 14.0. The van der Waals surface area contributed by atoms with Gasteiger partial charge in [0, 0.05) is 36.3 Å². The second-order valence-electron chi connectivity index (χ2n) is 11.9. The number of nitrogens with one attached hydrogen (secondary N) is 2. The van der Waals surface area contributed by atoms with E-state index in [4.69, 9.17) is 9.47 Å². The van der Waals surface area contributed by atoms with E-state index in [-0.39, 0.29) is 12.4 Å². The fourth-order valence-electron chi connectivity index (χ4n) is 5.88. The van der Waals surface area contributed by atoms with Crippen molar-refractivity contribution in [1.29, 1.82) is 0 Å². The van der Waals surface area contributed by atoms with Crippen LogP contribution >= 0.6 is 0 Å². The Morgan fingerprint density at radius 1 is 1.09 bits per heavy atom. The van der Waals surface area contributed by atoms with Gasteiger partial charge >= 0.3 is 0 Å². The summed E-state index contributed by atoms with van der Waals surface area (Å²) in [6, 6.07) is 20.2. The molecule has 11 heteroatoms. The molecule has 2 atom stereocenters. The highest BCUT2D eigenvalue weighted by Crippen LogP contribution is 2.37. The van der Waals surface area contributed by atoms with Gasteiger partial charge < -0.3 is 24.7 Å². The van der Waals surface area contributed by atoms with E-state index in [0.29, 0.717) is 30.6 Å². The van der Waals surface area contributed by atoms with Crippen LogP contribution in [0, 0.1) is 0 Å². The second kappa shape index (κ2) is 12.9. The van der Waals surface area contributed by atoms with E-state index in [1.54, 1.807) is 17.7 Å². The third kappa shape index (κ3) is 6.69. The normalized spacial score (nSPS) is 15.4. The zero-order valence-corrected chi connectivity index (χ0v) is 27.1. The Hall–Kier alpha value is -4.35. The van der Waals surface area contributed by atoms with Gasteiger partial charge in [-0.1, -0.05) is 49.4 Å². The van der Waals surface area contributed by atoms with Crippen LogP contribution in [0.25, 0.3) is 10.9 Å². The minimum Gasteiger partial charge on any atom is -0.497 e. The first kappa shape index (κ1) is 32.1. The lowest BCUT2D eigenvalue weighted by Gasteiger charge is -2.33. The number of carbonyl (C=O) groups is 2. The number of amides is 1. The Morgan fingerprint density at radius 2 is 1.84 bits per heavy atom. The third-order valence-corrected chi connectivity index (χ3v) is 10.2. The number of hydrogen-bond donors (Lipinski definition) is 2. The van der Waals surface area contributed by atoms with Crippen LogP contribution in [0.5, 0.6) is 5.75 Å². The highest BCUT2D eigenvalue weighted by molar-refractivity contribution is 7.91. The molecule has 45 heavy (non-hydrogen) atoms. The fraction of sp³-hybridized carbons (Fsp3) is 0.353. The standard InChI is InChI=1S/C34H40N4O6S/c1-6-24-20-38-21-45(41,42)37(4)30-17-25(16-28(24)32(30)38)33(40)36-29(15-23-11-8-7-9-12-23)31(44-22-39)19-35-34(2,3)26-13-10-14-27(18-26)43-5/h7-14,16-18,20,22,29,31,35H,6,15,19,21H2,1-5H3,(H,36,40)/t29-,31+/m0/s1. The number of ether oxygens (including phenoxy) is 2. The highest BCUT2D eigenvalue weighted by atomic mass is 32.2. The first-order valence-corrected chi connectivity index (χ1v) is 16.5. The molecule has 1 aromatic heterocycles. The summed E-state index contributed by atoms with van der Waals surface area (Å²) in [5.74, 6) is 0.182. The van der Waals surface area contributed by atoms with Gasteiger partial charge in [-0.15, -0.1) is 0 Å². The van der Waals surface area contributed by atoms with Crippen LogP contribution < -0.4 is 19.7 Å². The number of anilines is 1. The van der Waals surface area contributed by atoms with Crippen molar-refractivity contribution in [1.82, 2.24) is 15.2 Å². The predicted molar refractivity (Wildman–Crippen MR) is 175 cm³/mol. The molecule has 4 aromatic rings. The molecule has 5 rings (SSSR count). The molecule has 1 aliphatic heterocycles. The summed E-state index contributed by atoms with van der Waals surface area (Å²) in [5.41, 5.74) is 3.93. The summed E-state index contributed by atoms with van der Waals surface area (Å²) in [5, 5.41) is 7.46. The van der Waals surface area contributed by atoms with E-state index in [1.807, 2.05) is 87.6 Å². The summed E-state index contributed by atoms with van der Waals surface area (Å²) >= 11 is 0. The molecule has 1 amide bonds. The molecule has 3 aromatic carbocycles. The van der Waals surface area contributed by atoms with E-state index in [2.05, 4.69) is 10.6 Å². The first-order chi connectivity index (χ1) is 21.5. The van der Waals surface area contributed by atoms with Gasteiger partial charge in [-0.25, -0.2) is 8.42 Å². The zero-order valence-electron chi connectivity index (χ0n) is 26.2. The largest absolute Gasteiger partial charge is 0.497 e. The van der Waals surface area contributed by atoms with Crippen LogP contribution in [0.4, 0.5) is 5.69 Å². The van der Waals surface area contributed by atoms with Gasteiger partial charge in [0.2, 0.25) is 0 Å². The second-order valence-corrected chi connectivity index (χ2v) is 13.8. The Balaban J connectivity index is 1.47. The van der Waals surface area contributed by atoms with Crippen molar-refractivity contribution in [2.75, 3.05) is 25.0 Å². The number of aryl methyl sites for hydroxylation is 1. The summed E-state index contributed by atoms with van der Waals surface area (Å²) < 4.78 is 39.9. The number of aromatic nitrogens is 1. The van der Waals surface area contributed by atoms with E-state index < -0.39 is 33.6 Å². The number of nitrogens with zero attached hydrogens (tertiary/aromatic N) is 2. The van der Waals surface area contributed by atoms with E-state index >= 15 is 0 Å². The van der Waals surface area contributed by atoms with Gasteiger partial charge in [0.1, 0.15) is 17.7 Å². The molecule has 0 saturated carbocycles. The number of hydrogen-bond acceptors (Lipinski definition) is 7. The molecular weight excluding hydrogens is 592 g/mol. The lowest BCUT2D eigenvalue weighted by molar-refractivity contribution is -0.134.